The average molecular weight is 367 g/mol. The minimum atomic E-state index is -0.329. The summed E-state index contributed by atoms with van der Waals surface area (Å²) in [6, 6.07) is 7.74. The molecule has 7 heteroatoms. The molecule has 2 aromatic carbocycles. The Kier molecular flexibility index (Phi) is 3.98. The molecule has 3 aliphatic heterocycles. The first-order valence-electron chi connectivity index (χ1n) is 9.35. The molecule has 2 amide bonds. The number of morpholine rings is 2. The van der Waals surface area contributed by atoms with E-state index < -0.39 is 0 Å². The number of ether oxygens (including phenoxy) is 2. The van der Waals surface area contributed by atoms with E-state index in [1.165, 1.54) is 0 Å². The Morgan fingerprint density at radius 3 is 2.22 bits per heavy atom. The Hall–Kier alpha value is -2.64. The fourth-order valence-corrected chi connectivity index (χ4v) is 4.23. The van der Waals surface area contributed by atoms with Crippen LogP contribution in [0.3, 0.4) is 0 Å². The summed E-state index contributed by atoms with van der Waals surface area (Å²) in [7, 11) is 0. The van der Waals surface area contributed by atoms with Gasteiger partial charge in [0.2, 0.25) is 0 Å². The van der Waals surface area contributed by atoms with Crippen LogP contribution in [0.15, 0.2) is 24.3 Å². The van der Waals surface area contributed by atoms with E-state index in [9.17, 15) is 9.59 Å². The predicted molar refractivity (Wildman–Crippen MR) is 102 cm³/mol. The van der Waals surface area contributed by atoms with Crippen molar-refractivity contribution in [2.45, 2.75) is 0 Å². The molecule has 1 N–H and O–H groups in total. The molecule has 3 aliphatic rings. The molecule has 0 radical (unpaired) electrons. The zero-order valence-electron chi connectivity index (χ0n) is 15.0. The third-order valence-electron chi connectivity index (χ3n) is 5.50. The maximum Gasteiger partial charge on any atom is 0.260 e. The van der Waals surface area contributed by atoms with Crippen molar-refractivity contribution in [1.82, 2.24) is 5.32 Å². The van der Waals surface area contributed by atoms with Crippen molar-refractivity contribution in [3.8, 4) is 0 Å². The SMILES string of the molecule is O=C1NC(=O)c2c(N3CCOCC3)c(N3CCOCC3)cc3cccc1c23. The van der Waals surface area contributed by atoms with Crippen LogP contribution in [0.4, 0.5) is 11.4 Å². The molecule has 0 aromatic heterocycles. The summed E-state index contributed by atoms with van der Waals surface area (Å²) in [6.45, 7) is 5.59. The molecule has 5 rings (SSSR count). The number of carbonyl (C=O) groups is 2. The third-order valence-corrected chi connectivity index (χ3v) is 5.50. The molecule has 0 saturated carbocycles. The van der Waals surface area contributed by atoms with Gasteiger partial charge in [-0.2, -0.15) is 0 Å². The number of imide groups is 1. The highest BCUT2D eigenvalue weighted by Gasteiger charge is 2.33. The first-order valence-corrected chi connectivity index (χ1v) is 9.35. The molecular weight excluding hydrogens is 346 g/mol. The smallest absolute Gasteiger partial charge is 0.260 e. The lowest BCUT2D eigenvalue weighted by Crippen LogP contribution is -2.43. The molecule has 0 spiro atoms. The highest BCUT2D eigenvalue weighted by Crippen LogP contribution is 2.42. The van der Waals surface area contributed by atoms with E-state index in [1.54, 1.807) is 6.07 Å². The molecule has 0 atom stereocenters. The van der Waals surface area contributed by atoms with E-state index in [2.05, 4.69) is 21.2 Å². The van der Waals surface area contributed by atoms with Crippen LogP contribution in [0.1, 0.15) is 20.7 Å². The molecule has 2 aromatic rings. The van der Waals surface area contributed by atoms with Crippen LogP contribution >= 0.6 is 0 Å². The fourth-order valence-electron chi connectivity index (χ4n) is 4.23. The molecule has 3 heterocycles. The van der Waals surface area contributed by atoms with E-state index in [-0.39, 0.29) is 11.8 Å². The second-order valence-electron chi connectivity index (χ2n) is 7.01. The van der Waals surface area contributed by atoms with Gasteiger partial charge >= 0.3 is 0 Å². The van der Waals surface area contributed by atoms with Crippen LogP contribution < -0.4 is 15.1 Å². The molecule has 0 aliphatic carbocycles. The summed E-state index contributed by atoms with van der Waals surface area (Å²) >= 11 is 0. The first kappa shape index (κ1) is 16.5. The minimum Gasteiger partial charge on any atom is -0.378 e. The number of hydrogen-bond donors (Lipinski definition) is 1. The number of nitrogens with zero attached hydrogens (tertiary/aromatic N) is 2. The minimum absolute atomic E-state index is 0.319. The molecule has 2 fully saturated rings. The van der Waals surface area contributed by atoms with Gasteiger partial charge in [0.1, 0.15) is 0 Å². The van der Waals surface area contributed by atoms with Gasteiger partial charge in [-0.25, -0.2) is 0 Å². The normalized spacial score (nSPS) is 20.1. The highest BCUT2D eigenvalue weighted by atomic mass is 16.5. The fraction of sp³-hybridized carbons (Fsp3) is 0.400. The van der Waals surface area contributed by atoms with Crippen LogP contribution in [0.25, 0.3) is 10.8 Å². The average Bonchev–Trinajstić information content (AvgIpc) is 2.72. The lowest BCUT2D eigenvalue weighted by Gasteiger charge is -2.38. The van der Waals surface area contributed by atoms with Gasteiger partial charge < -0.3 is 19.3 Å². The van der Waals surface area contributed by atoms with Crippen LogP contribution in [0, 0.1) is 0 Å². The summed E-state index contributed by atoms with van der Waals surface area (Å²) in [5.74, 6) is -0.648. The largest absolute Gasteiger partial charge is 0.378 e. The summed E-state index contributed by atoms with van der Waals surface area (Å²) in [4.78, 5) is 29.8. The van der Waals surface area contributed by atoms with E-state index in [1.807, 2.05) is 12.1 Å². The number of rotatable bonds is 2. The van der Waals surface area contributed by atoms with Crippen molar-refractivity contribution in [3.63, 3.8) is 0 Å². The summed E-state index contributed by atoms with van der Waals surface area (Å²) in [5.41, 5.74) is 3.10. The number of carbonyl (C=O) groups excluding carboxylic acids is 2. The quantitative estimate of drug-likeness (QED) is 0.809. The van der Waals surface area contributed by atoms with Crippen LogP contribution in [-0.4, -0.2) is 64.4 Å². The molecule has 140 valence electrons. The Balaban J connectivity index is 1.80. The summed E-state index contributed by atoms with van der Waals surface area (Å²) < 4.78 is 11.0. The molecular formula is C20H21N3O4. The first-order chi connectivity index (χ1) is 13.2. The van der Waals surface area contributed by atoms with Gasteiger partial charge in [-0.15, -0.1) is 0 Å². The highest BCUT2D eigenvalue weighted by molar-refractivity contribution is 6.28. The Bertz CT molecular complexity index is 930. The van der Waals surface area contributed by atoms with E-state index in [0.717, 1.165) is 48.3 Å². The number of hydrogen-bond acceptors (Lipinski definition) is 6. The second kappa shape index (κ2) is 6.51. The number of nitrogens with one attached hydrogen (secondary N) is 1. The zero-order valence-corrected chi connectivity index (χ0v) is 15.0. The van der Waals surface area contributed by atoms with Crippen molar-refractivity contribution in [1.29, 1.82) is 0 Å². The van der Waals surface area contributed by atoms with Crippen molar-refractivity contribution in [3.05, 3.63) is 35.4 Å². The molecule has 2 saturated heterocycles. The Labute approximate surface area is 156 Å². The topological polar surface area (TPSA) is 71.1 Å². The van der Waals surface area contributed by atoms with Crippen LogP contribution in [0.5, 0.6) is 0 Å². The number of benzene rings is 2. The summed E-state index contributed by atoms with van der Waals surface area (Å²) in [6.07, 6.45) is 0. The molecule has 0 unspecified atom stereocenters. The predicted octanol–water partition coefficient (Wildman–Crippen LogP) is 1.40. The van der Waals surface area contributed by atoms with E-state index >= 15 is 0 Å². The Morgan fingerprint density at radius 1 is 0.852 bits per heavy atom. The van der Waals surface area contributed by atoms with Crippen LogP contribution in [0.2, 0.25) is 0 Å². The van der Waals surface area contributed by atoms with Gasteiger partial charge in [0.25, 0.3) is 11.8 Å². The third kappa shape index (κ3) is 2.65. The van der Waals surface area contributed by atoms with Gasteiger partial charge in [0.15, 0.2) is 0 Å². The van der Waals surface area contributed by atoms with Crippen molar-refractivity contribution in [2.24, 2.45) is 0 Å². The van der Waals surface area contributed by atoms with Crippen molar-refractivity contribution >= 4 is 34.0 Å². The maximum atomic E-state index is 12.9. The van der Waals surface area contributed by atoms with Crippen molar-refractivity contribution in [2.75, 3.05) is 62.4 Å². The lowest BCUT2D eigenvalue weighted by atomic mass is 9.91. The summed E-state index contributed by atoms with van der Waals surface area (Å²) in [5, 5.41) is 4.20. The van der Waals surface area contributed by atoms with Crippen molar-refractivity contribution < 1.29 is 19.1 Å². The van der Waals surface area contributed by atoms with E-state index in [4.69, 9.17) is 9.47 Å². The van der Waals surface area contributed by atoms with Gasteiger partial charge in [0.05, 0.1) is 43.4 Å². The Morgan fingerprint density at radius 2 is 1.52 bits per heavy atom. The molecule has 0 bridgehead atoms. The second-order valence-corrected chi connectivity index (χ2v) is 7.01. The van der Waals surface area contributed by atoms with Gasteiger partial charge in [-0.1, -0.05) is 12.1 Å². The number of anilines is 2. The monoisotopic (exact) mass is 367 g/mol. The van der Waals surface area contributed by atoms with Gasteiger partial charge in [-0.05, 0) is 17.5 Å². The van der Waals surface area contributed by atoms with E-state index in [0.29, 0.717) is 37.6 Å². The zero-order chi connectivity index (χ0) is 18.4. The molecule has 7 nitrogen and oxygen atoms in total. The lowest BCUT2D eigenvalue weighted by molar-refractivity contribution is 0.0844. The maximum absolute atomic E-state index is 12.9. The van der Waals surface area contributed by atoms with Crippen LogP contribution in [-0.2, 0) is 9.47 Å². The standard InChI is InChI=1S/C20H21N3O4/c24-19-14-3-1-2-13-12-15(22-4-8-26-9-5-22)18(23-6-10-27-11-7-23)17(16(13)14)20(25)21-19/h1-3,12H,4-11H2,(H,21,24,25). The molecule has 27 heavy (non-hydrogen) atoms. The van der Waals surface area contributed by atoms with Gasteiger partial charge in [0, 0.05) is 37.1 Å². The number of amides is 2. The van der Waals surface area contributed by atoms with Gasteiger partial charge in [-0.3, -0.25) is 14.9 Å².